The highest BCUT2D eigenvalue weighted by atomic mass is 79.9. The Kier molecular flexibility index (Phi) is 2.02. The molecule has 1 heterocycles. The van der Waals surface area contributed by atoms with Crippen LogP contribution in [0.4, 0.5) is 0 Å². The summed E-state index contributed by atoms with van der Waals surface area (Å²) in [6.45, 7) is 6.54. The lowest BCUT2D eigenvalue weighted by Gasteiger charge is -2.20. The van der Waals surface area contributed by atoms with Gasteiger partial charge < -0.3 is 0 Å². The molecule has 0 saturated carbocycles. The third-order valence-corrected chi connectivity index (χ3v) is 3.29. The number of aromatic nitrogens is 2. The quantitative estimate of drug-likeness (QED) is 0.685. The first-order valence-corrected chi connectivity index (χ1v) is 5.56. The molecule has 0 saturated heterocycles. The second-order valence-electron chi connectivity index (χ2n) is 4.65. The minimum atomic E-state index is 0.0865. The van der Waals surface area contributed by atoms with E-state index in [9.17, 15) is 0 Å². The van der Waals surface area contributed by atoms with Crippen LogP contribution in [0.2, 0.25) is 0 Å². The van der Waals surface area contributed by atoms with Crippen LogP contribution < -0.4 is 0 Å². The Bertz CT molecular complexity index is 333. The molecule has 1 aliphatic rings. The van der Waals surface area contributed by atoms with E-state index in [-0.39, 0.29) is 5.54 Å². The molecule has 0 aromatic carbocycles. The van der Waals surface area contributed by atoms with E-state index in [1.165, 1.54) is 28.7 Å². The van der Waals surface area contributed by atoms with Crippen LogP contribution in [0.3, 0.4) is 0 Å². The zero-order valence-electron chi connectivity index (χ0n) is 8.39. The average molecular weight is 243 g/mol. The van der Waals surface area contributed by atoms with Gasteiger partial charge in [-0.1, -0.05) is 0 Å². The molecule has 1 aliphatic carbocycles. The van der Waals surface area contributed by atoms with Crippen LogP contribution in [0.15, 0.2) is 4.60 Å². The number of nitrogens with zero attached hydrogens (tertiary/aromatic N) is 2. The van der Waals surface area contributed by atoms with Crippen molar-refractivity contribution in [3.63, 3.8) is 0 Å². The van der Waals surface area contributed by atoms with E-state index in [0.29, 0.717) is 0 Å². The normalized spacial score (nSPS) is 16.3. The molecule has 0 aliphatic heterocycles. The highest BCUT2D eigenvalue weighted by Gasteiger charge is 2.25. The molecule has 0 bridgehead atoms. The Labute approximate surface area is 87.5 Å². The van der Waals surface area contributed by atoms with Crippen molar-refractivity contribution in [1.29, 1.82) is 0 Å². The summed E-state index contributed by atoms with van der Waals surface area (Å²) in [5, 5.41) is 4.63. The van der Waals surface area contributed by atoms with E-state index in [4.69, 9.17) is 0 Å². The van der Waals surface area contributed by atoms with Gasteiger partial charge in [0.05, 0.1) is 11.2 Å². The summed E-state index contributed by atoms with van der Waals surface area (Å²) in [6, 6.07) is 0. The van der Waals surface area contributed by atoms with Crippen LogP contribution >= 0.6 is 15.9 Å². The maximum absolute atomic E-state index is 4.63. The monoisotopic (exact) mass is 242 g/mol. The fourth-order valence-corrected chi connectivity index (χ4v) is 2.84. The minimum Gasteiger partial charge on any atom is -0.253 e. The molecule has 0 N–H and O–H groups in total. The van der Waals surface area contributed by atoms with Crippen molar-refractivity contribution in [3.05, 3.63) is 15.9 Å². The molecule has 0 fully saturated rings. The summed E-state index contributed by atoms with van der Waals surface area (Å²) in [5.74, 6) is 0. The van der Waals surface area contributed by atoms with Crippen LogP contribution in [-0.4, -0.2) is 9.78 Å². The zero-order chi connectivity index (χ0) is 9.64. The van der Waals surface area contributed by atoms with Crippen LogP contribution in [-0.2, 0) is 18.4 Å². The van der Waals surface area contributed by atoms with Gasteiger partial charge >= 0.3 is 0 Å². The summed E-state index contributed by atoms with van der Waals surface area (Å²) in [5.41, 5.74) is 2.81. The summed E-state index contributed by atoms with van der Waals surface area (Å²) >= 11 is 3.64. The summed E-state index contributed by atoms with van der Waals surface area (Å²) in [4.78, 5) is 0. The first-order chi connectivity index (χ1) is 6.00. The number of aryl methyl sites for hydroxylation is 1. The molecule has 0 atom stereocenters. The second kappa shape index (κ2) is 2.84. The van der Waals surface area contributed by atoms with E-state index in [1.54, 1.807) is 0 Å². The standard InChI is InChI=1S/C10H15BrN2/c1-10(2,3)13-9(11)7-5-4-6-8(7)12-13/h4-6H2,1-3H3. The molecule has 0 radical (unpaired) electrons. The molecule has 2 nitrogen and oxygen atoms in total. The largest absolute Gasteiger partial charge is 0.253 e. The lowest BCUT2D eigenvalue weighted by atomic mass is 10.1. The molecule has 1 aromatic heterocycles. The average Bonchev–Trinajstić information content (AvgIpc) is 2.51. The number of rotatable bonds is 0. The first kappa shape index (κ1) is 9.25. The van der Waals surface area contributed by atoms with Crippen LogP contribution in [0.25, 0.3) is 0 Å². The maximum Gasteiger partial charge on any atom is 0.108 e. The number of hydrogen-bond acceptors (Lipinski definition) is 1. The van der Waals surface area contributed by atoms with Crippen molar-refractivity contribution in [2.75, 3.05) is 0 Å². The fraction of sp³-hybridized carbons (Fsp3) is 0.700. The fourth-order valence-electron chi connectivity index (χ4n) is 1.80. The van der Waals surface area contributed by atoms with Crippen LogP contribution in [0.5, 0.6) is 0 Å². The van der Waals surface area contributed by atoms with E-state index in [2.05, 4.69) is 46.5 Å². The van der Waals surface area contributed by atoms with Crippen LogP contribution in [0, 0.1) is 0 Å². The van der Waals surface area contributed by atoms with E-state index >= 15 is 0 Å². The topological polar surface area (TPSA) is 17.8 Å². The Morgan fingerprint density at radius 1 is 1.31 bits per heavy atom. The van der Waals surface area contributed by atoms with Gasteiger partial charge in [-0.05, 0) is 56.0 Å². The van der Waals surface area contributed by atoms with Crippen molar-refractivity contribution in [2.24, 2.45) is 0 Å². The van der Waals surface area contributed by atoms with Crippen molar-refractivity contribution in [2.45, 2.75) is 45.6 Å². The Hall–Kier alpha value is -0.310. The number of halogens is 1. The summed E-state index contributed by atoms with van der Waals surface area (Å²) < 4.78 is 3.28. The van der Waals surface area contributed by atoms with Gasteiger partial charge in [-0.25, -0.2) is 0 Å². The molecule has 0 unspecified atom stereocenters. The molecule has 2 rings (SSSR count). The van der Waals surface area contributed by atoms with Gasteiger partial charge in [0.2, 0.25) is 0 Å². The molecular weight excluding hydrogens is 228 g/mol. The van der Waals surface area contributed by atoms with Crippen LogP contribution in [0.1, 0.15) is 38.4 Å². The van der Waals surface area contributed by atoms with Gasteiger partial charge in [0.25, 0.3) is 0 Å². The first-order valence-electron chi connectivity index (χ1n) is 4.77. The SMILES string of the molecule is CC(C)(C)n1nc2c(c1Br)CCC2. The highest BCUT2D eigenvalue weighted by Crippen LogP contribution is 2.32. The molecule has 0 spiro atoms. The third-order valence-electron chi connectivity index (χ3n) is 2.48. The van der Waals surface area contributed by atoms with Gasteiger partial charge in [-0.15, -0.1) is 0 Å². The van der Waals surface area contributed by atoms with Gasteiger partial charge in [0.1, 0.15) is 4.60 Å². The smallest absolute Gasteiger partial charge is 0.108 e. The van der Waals surface area contributed by atoms with Gasteiger partial charge in [0.15, 0.2) is 0 Å². The Balaban J connectivity index is 2.51. The molecule has 13 heavy (non-hydrogen) atoms. The van der Waals surface area contributed by atoms with Crippen molar-refractivity contribution in [1.82, 2.24) is 9.78 Å². The van der Waals surface area contributed by atoms with Gasteiger partial charge in [0, 0.05) is 5.56 Å². The van der Waals surface area contributed by atoms with E-state index in [1.807, 2.05) is 0 Å². The van der Waals surface area contributed by atoms with Gasteiger partial charge in [-0.2, -0.15) is 5.10 Å². The molecule has 1 aromatic rings. The third kappa shape index (κ3) is 1.43. The van der Waals surface area contributed by atoms with Crippen molar-refractivity contribution >= 4 is 15.9 Å². The van der Waals surface area contributed by atoms with Crippen molar-refractivity contribution < 1.29 is 0 Å². The van der Waals surface area contributed by atoms with Gasteiger partial charge in [-0.3, -0.25) is 4.68 Å². The lowest BCUT2D eigenvalue weighted by molar-refractivity contribution is 0.345. The second-order valence-corrected chi connectivity index (χ2v) is 5.40. The summed E-state index contributed by atoms with van der Waals surface area (Å²) in [7, 11) is 0. The van der Waals surface area contributed by atoms with E-state index < -0.39 is 0 Å². The predicted molar refractivity (Wildman–Crippen MR) is 56.9 cm³/mol. The number of hydrogen-bond donors (Lipinski definition) is 0. The Morgan fingerprint density at radius 2 is 2.00 bits per heavy atom. The molecule has 72 valence electrons. The molecule has 0 amide bonds. The maximum atomic E-state index is 4.63. The zero-order valence-corrected chi connectivity index (χ0v) is 9.98. The lowest BCUT2D eigenvalue weighted by Crippen LogP contribution is -2.23. The highest BCUT2D eigenvalue weighted by molar-refractivity contribution is 9.10. The number of fused-ring (bicyclic) bond motifs is 1. The minimum absolute atomic E-state index is 0.0865. The molecular formula is C10H15BrN2. The Morgan fingerprint density at radius 3 is 2.54 bits per heavy atom. The molecule has 3 heteroatoms. The van der Waals surface area contributed by atoms with Crippen molar-refractivity contribution in [3.8, 4) is 0 Å². The van der Waals surface area contributed by atoms with E-state index in [0.717, 1.165) is 6.42 Å². The predicted octanol–water partition coefficient (Wildman–Crippen LogP) is 2.89. The summed E-state index contributed by atoms with van der Waals surface area (Å²) in [6.07, 6.45) is 3.60.